The summed E-state index contributed by atoms with van der Waals surface area (Å²) in [6.07, 6.45) is -0.149. The van der Waals surface area contributed by atoms with Crippen LogP contribution in [0.2, 0.25) is 10.0 Å². The van der Waals surface area contributed by atoms with Gasteiger partial charge in [-0.15, -0.1) is 0 Å². The molecule has 0 amide bonds. The van der Waals surface area contributed by atoms with Crippen molar-refractivity contribution in [3.05, 3.63) is 58.6 Å². The summed E-state index contributed by atoms with van der Waals surface area (Å²) in [5.41, 5.74) is 0. The van der Waals surface area contributed by atoms with Crippen molar-refractivity contribution in [2.24, 2.45) is 0 Å². The van der Waals surface area contributed by atoms with Crippen molar-refractivity contribution >= 4 is 94.3 Å². The van der Waals surface area contributed by atoms with Crippen LogP contribution >= 0.6 is 23.2 Å². The van der Waals surface area contributed by atoms with Gasteiger partial charge in [0.05, 0.1) is 12.8 Å². The van der Waals surface area contributed by atoms with Crippen molar-refractivity contribution in [1.82, 2.24) is 0 Å². The Bertz CT molecular complexity index is 601. The molecule has 0 heterocycles. The molecule has 0 saturated heterocycles. The number of rotatable bonds is 5. The van der Waals surface area contributed by atoms with Gasteiger partial charge < -0.3 is 9.47 Å². The van der Waals surface area contributed by atoms with Gasteiger partial charge in [-0.25, -0.2) is 0 Å². The van der Waals surface area contributed by atoms with E-state index in [1.807, 2.05) is 0 Å². The number of carbonyl (C=O) groups excluding carboxylic acids is 2. The van der Waals surface area contributed by atoms with Gasteiger partial charge in [-0.1, -0.05) is 23.2 Å². The number of esters is 2. The number of hydrogen-bond acceptors (Lipinski definition) is 4. The van der Waals surface area contributed by atoms with Crippen molar-refractivity contribution in [1.29, 1.82) is 0 Å². The molecule has 2 aromatic rings. The second-order valence-corrected chi connectivity index (χ2v) is 5.23. The first-order valence-electron chi connectivity index (χ1n) is 6.45. The van der Waals surface area contributed by atoms with Gasteiger partial charge in [0, 0.05) is 69.2 Å². The number of halogens is 2. The van der Waals surface area contributed by atoms with Crippen LogP contribution in [-0.2, 0) is 9.59 Å². The summed E-state index contributed by atoms with van der Waals surface area (Å²) in [5.74, 6) is -0.285. The zero-order valence-electron chi connectivity index (χ0n) is 13.4. The molecule has 0 aliphatic heterocycles. The monoisotopic (exact) mass is 384 g/mol. The minimum absolute atomic E-state index is 0. The van der Waals surface area contributed by atoms with Gasteiger partial charge in [0.1, 0.15) is 11.5 Å². The SMILES string of the molecule is O=C(CCC(=O)Oc1ccc(Cl)cc1)Oc1ccc(Cl)cc1.[Na].[Na]. The summed E-state index contributed by atoms with van der Waals surface area (Å²) in [5, 5.41) is 1.10. The Hall–Kier alpha value is -0.0400. The number of hydrogen-bond donors (Lipinski definition) is 0. The standard InChI is InChI=1S/C16H12Cl2O4.2Na/c17-11-1-5-13(6-2-11)21-15(19)9-10-16(20)22-14-7-3-12(18)4-8-14;;/h1-8H,9-10H2;;. The normalized spacial score (nSPS) is 9.25. The van der Waals surface area contributed by atoms with Crippen LogP contribution in [0, 0.1) is 0 Å². The number of carbonyl (C=O) groups is 2. The quantitative estimate of drug-likeness (QED) is 0.449. The van der Waals surface area contributed by atoms with Gasteiger partial charge in [0.15, 0.2) is 0 Å². The van der Waals surface area contributed by atoms with Crippen molar-refractivity contribution in [2.45, 2.75) is 12.8 Å². The maximum Gasteiger partial charge on any atom is 0.311 e. The van der Waals surface area contributed by atoms with E-state index in [0.29, 0.717) is 21.5 Å². The number of benzene rings is 2. The average Bonchev–Trinajstić information content (AvgIpc) is 2.50. The van der Waals surface area contributed by atoms with E-state index < -0.39 is 11.9 Å². The Kier molecular flexibility index (Phi) is 12.3. The molecule has 0 N–H and O–H groups in total. The van der Waals surface area contributed by atoms with Crippen molar-refractivity contribution in [3.8, 4) is 11.5 Å². The fraction of sp³-hybridized carbons (Fsp3) is 0.125. The molecule has 0 unspecified atom stereocenters. The molecule has 2 rings (SSSR count). The first-order valence-corrected chi connectivity index (χ1v) is 7.21. The van der Waals surface area contributed by atoms with E-state index in [1.165, 1.54) is 0 Å². The van der Waals surface area contributed by atoms with Crippen LogP contribution in [0.4, 0.5) is 0 Å². The van der Waals surface area contributed by atoms with E-state index in [1.54, 1.807) is 48.5 Å². The molecule has 0 aliphatic carbocycles. The van der Waals surface area contributed by atoms with E-state index in [-0.39, 0.29) is 72.0 Å². The molecule has 0 saturated carbocycles. The summed E-state index contributed by atoms with van der Waals surface area (Å²) < 4.78 is 10.1. The Morgan fingerprint density at radius 3 is 1.25 bits per heavy atom. The second-order valence-electron chi connectivity index (χ2n) is 4.36. The van der Waals surface area contributed by atoms with Crippen molar-refractivity contribution in [3.63, 3.8) is 0 Å². The Morgan fingerprint density at radius 2 is 0.958 bits per heavy atom. The molecule has 24 heavy (non-hydrogen) atoms. The summed E-state index contributed by atoms with van der Waals surface area (Å²) in [4.78, 5) is 23.2. The zero-order chi connectivity index (χ0) is 15.9. The third kappa shape index (κ3) is 8.88. The predicted octanol–water partition coefficient (Wildman–Crippen LogP) is 3.52. The molecule has 0 bridgehead atoms. The molecule has 116 valence electrons. The molecule has 0 aliphatic rings. The molecule has 0 atom stereocenters. The van der Waals surface area contributed by atoms with Crippen LogP contribution in [0.5, 0.6) is 11.5 Å². The summed E-state index contributed by atoms with van der Waals surface area (Å²) in [7, 11) is 0. The Labute approximate surface area is 194 Å². The molecular formula is C16H12Cl2Na2O4. The molecular weight excluding hydrogens is 373 g/mol. The van der Waals surface area contributed by atoms with Crippen LogP contribution in [0.25, 0.3) is 0 Å². The summed E-state index contributed by atoms with van der Waals surface area (Å²) in [6.45, 7) is 0. The third-order valence-corrected chi connectivity index (χ3v) is 3.13. The fourth-order valence-electron chi connectivity index (χ4n) is 1.57. The van der Waals surface area contributed by atoms with E-state index in [0.717, 1.165) is 0 Å². The minimum atomic E-state index is -0.518. The molecule has 4 nitrogen and oxygen atoms in total. The van der Waals surface area contributed by atoms with Gasteiger partial charge in [-0.05, 0) is 48.5 Å². The van der Waals surface area contributed by atoms with Crippen LogP contribution in [-0.4, -0.2) is 71.1 Å². The second kappa shape index (κ2) is 12.3. The van der Waals surface area contributed by atoms with Gasteiger partial charge in [0.2, 0.25) is 0 Å². The minimum Gasteiger partial charge on any atom is -0.427 e. The van der Waals surface area contributed by atoms with Gasteiger partial charge >= 0.3 is 11.9 Å². The van der Waals surface area contributed by atoms with Gasteiger partial charge in [-0.3, -0.25) is 9.59 Å². The van der Waals surface area contributed by atoms with Crippen LogP contribution < -0.4 is 9.47 Å². The number of ether oxygens (including phenoxy) is 2. The van der Waals surface area contributed by atoms with Crippen LogP contribution in [0.1, 0.15) is 12.8 Å². The Balaban J connectivity index is 0.00000264. The van der Waals surface area contributed by atoms with E-state index in [4.69, 9.17) is 32.7 Å². The van der Waals surface area contributed by atoms with Crippen LogP contribution in [0.15, 0.2) is 48.5 Å². The smallest absolute Gasteiger partial charge is 0.311 e. The molecule has 2 aromatic carbocycles. The van der Waals surface area contributed by atoms with Crippen molar-refractivity contribution in [2.75, 3.05) is 0 Å². The van der Waals surface area contributed by atoms with E-state index in [9.17, 15) is 9.59 Å². The zero-order valence-corrected chi connectivity index (χ0v) is 18.9. The maximum atomic E-state index is 11.6. The van der Waals surface area contributed by atoms with E-state index in [2.05, 4.69) is 0 Å². The Morgan fingerprint density at radius 1 is 0.667 bits per heavy atom. The van der Waals surface area contributed by atoms with Crippen LogP contribution in [0.3, 0.4) is 0 Å². The predicted molar refractivity (Wildman–Crippen MR) is 94.9 cm³/mol. The summed E-state index contributed by atoms with van der Waals surface area (Å²) >= 11 is 11.5. The first kappa shape index (κ1) is 24.0. The maximum absolute atomic E-state index is 11.6. The molecule has 0 spiro atoms. The molecule has 0 aromatic heterocycles. The topological polar surface area (TPSA) is 52.6 Å². The molecule has 2 radical (unpaired) electrons. The first-order chi connectivity index (χ1) is 10.5. The fourth-order valence-corrected chi connectivity index (χ4v) is 1.83. The molecule has 0 fully saturated rings. The summed E-state index contributed by atoms with van der Waals surface area (Å²) in [6, 6.07) is 12.7. The average molecular weight is 385 g/mol. The largest absolute Gasteiger partial charge is 0.427 e. The van der Waals surface area contributed by atoms with E-state index >= 15 is 0 Å². The van der Waals surface area contributed by atoms with Crippen molar-refractivity contribution < 1.29 is 19.1 Å². The van der Waals surface area contributed by atoms with Gasteiger partial charge in [0.25, 0.3) is 0 Å². The molecule has 8 heteroatoms. The third-order valence-electron chi connectivity index (χ3n) is 2.62. The van der Waals surface area contributed by atoms with Gasteiger partial charge in [-0.2, -0.15) is 0 Å².